The molecule has 0 aromatic heterocycles. The standard InChI is InChI=1S/C6H14N2OS.CH4N2OS.K.H/c1-2-3-4-5-8(7)6(9)10;2-3-1(4)5;;/h2-5,7H2,1H3,(H,9,10);2H2,(H2,3,4,5);;/q;;+1;-1. The van der Waals surface area contributed by atoms with Crippen LogP contribution in [0.15, 0.2) is 0 Å². The van der Waals surface area contributed by atoms with Gasteiger partial charge in [0.15, 0.2) is 0 Å². The van der Waals surface area contributed by atoms with Gasteiger partial charge in [0, 0.05) is 6.54 Å². The summed E-state index contributed by atoms with van der Waals surface area (Å²) in [5.74, 6) is 9.76. The van der Waals surface area contributed by atoms with Gasteiger partial charge in [-0.15, -0.1) is 0 Å². The fraction of sp³-hybridized carbons (Fsp3) is 0.714. The number of thiol groups is 2. The Morgan fingerprint density at radius 1 is 1.38 bits per heavy atom. The number of nitrogens with two attached hydrogens (primary N) is 2. The van der Waals surface area contributed by atoms with Crippen LogP contribution in [-0.4, -0.2) is 22.0 Å². The predicted molar refractivity (Wildman–Crippen MR) is 67.6 cm³/mol. The molecule has 16 heavy (non-hydrogen) atoms. The van der Waals surface area contributed by atoms with E-state index in [0.717, 1.165) is 24.3 Å². The third kappa shape index (κ3) is 20.6. The number of hydrogen-bond donors (Lipinski definition) is 5. The van der Waals surface area contributed by atoms with E-state index in [1.807, 2.05) is 0 Å². The number of amides is 2. The average molecular weight is 294 g/mol. The third-order valence-corrected chi connectivity index (χ3v) is 1.76. The van der Waals surface area contributed by atoms with Crippen molar-refractivity contribution in [2.45, 2.75) is 26.2 Å². The van der Waals surface area contributed by atoms with Crippen molar-refractivity contribution in [1.82, 2.24) is 10.4 Å². The Morgan fingerprint density at radius 3 is 2.06 bits per heavy atom. The molecule has 0 rings (SSSR count). The summed E-state index contributed by atoms with van der Waals surface area (Å²) in [5.41, 5.74) is 1.75. The molecule has 0 aliphatic rings. The van der Waals surface area contributed by atoms with E-state index in [-0.39, 0.29) is 58.1 Å². The van der Waals surface area contributed by atoms with E-state index in [1.165, 1.54) is 0 Å². The minimum atomic E-state index is -0.523. The van der Waals surface area contributed by atoms with Gasteiger partial charge in [0.05, 0.1) is 0 Å². The molecule has 0 atom stereocenters. The smallest absolute Gasteiger partial charge is 1.00 e. The van der Waals surface area contributed by atoms with Crippen LogP contribution in [0.3, 0.4) is 0 Å². The molecule has 9 heteroatoms. The maximum absolute atomic E-state index is 10.4. The number of hydrazine groups is 2. The Hall–Kier alpha value is 1.20. The second kappa shape index (κ2) is 16.2. The molecule has 92 valence electrons. The first-order chi connectivity index (χ1) is 6.95. The second-order valence-corrected chi connectivity index (χ2v) is 3.42. The SMILES string of the molecule is CCCCCN(N)C(=O)S.NNC(=O)S.[H-].[K+]. The van der Waals surface area contributed by atoms with Gasteiger partial charge in [-0.3, -0.25) is 20.0 Å². The first-order valence-electron chi connectivity index (χ1n) is 4.40. The van der Waals surface area contributed by atoms with Crippen LogP contribution in [0, 0.1) is 0 Å². The Balaban J connectivity index is -0.000000105. The molecule has 0 aromatic carbocycles. The van der Waals surface area contributed by atoms with Crippen LogP contribution in [0.4, 0.5) is 9.59 Å². The van der Waals surface area contributed by atoms with E-state index < -0.39 is 5.24 Å². The summed E-state index contributed by atoms with van der Waals surface area (Å²) < 4.78 is 0. The molecule has 0 radical (unpaired) electrons. The predicted octanol–water partition coefficient (Wildman–Crippen LogP) is -1.98. The van der Waals surface area contributed by atoms with Gasteiger partial charge in [0.2, 0.25) is 0 Å². The minimum Gasteiger partial charge on any atom is -1.00 e. The Morgan fingerprint density at radius 2 is 1.81 bits per heavy atom. The second-order valence-electron chi connectivity index (χ2n) is 2.63. The fourth-order valence-corrected chi connectivity index (χ4v) is 0.728. The number of carbonyl (C=O) groups is 2. The van der Waals surface area contributed by atoms with Crippen molar-refractivity contribution in [3.8, 4) is 0 Å². The topological polar surface area (TPSA) is 101 Å². The summed E-state index contributed by atoms with van der Waals surface area (Å²) in [6.07, 6.45) is 3.20. The average Bonchev–Trinajstić information content (AvgIpc) is 2.18. The normalized spacial score (nSPS) is 8.06. The molecule has 0 unspecified atom stereocenters. The van der Waals surface area contributed by atoms with E-state index in [0.29, 0.717) is 6.54 Å². The third-order valence-electron chi connectivity index (χ3n) is 1.37. The Bertz CT molecular complexity index is 203. The molecule has 0 fully saturated rings. The van der Waals surface area contributed by atoms with Crippen molar-refractivity contribution in [3.05, 3.63) is 0 Å². The maximum atomic E-state index is 10.4. The molecular weight excluding hydrogens is 275 g/mol. The molecule has 0 aliphatic heterocycles. The molecule has 5 N–H and O–H groups in total. The van der Waals surface area contributed by atoms with Crippen LogP contribution < -0.4 is 68.5 Å². The number of nitrogens with zero attached hydrogens (tertiary/aromatic N) is 1. The minimum absolute atomic E-state index is 0. The van der Waals surface area contributed by atoms with Gasteiger partial charge in [-0.25, -0.2) is 11.7 Å². The summed E-state index contributed by atoms with van der Waals surface area (Å²) in [5, 5.41) is 0.236. The molecule has 6 nitrogen and oxygen atoms in total. The molecule has 0 spiro atoms. The van der Waals surface area contributed by atoms with Crippen molar-refractivity contribution < 1.29 is 62.4 Å². The summed E-state index contributed by atoms with van der Waals surface area (Å²) in [6.45, 7) is 2.71. The summed E-state index contributed by atoms with van der Waals surface area (Å²) in [4.78, 5) is 19.8. The Kier molecular flexibility index (Phi) is 22.7. The van der Waals surface area contributed by atoms with Gasteiger partial charge in [-0.1, -0.05) is 45.0 Å². The number of unbranched alkanes of at least 4 members (excludes halogenated alkanes) is 2. The number of nitrogens with one attached hydrogen (secondary N) is 1. The van der Waals surface area contributed by atoms with E-state index in [4.69, 9.17) is 5.84 Å². The molecule has 0 aromatic rings. The molecule has 0 saturated heterocycles. The Labute approximate surface area is 151 Å². The molecule has 0 saturated carbocycles. The van der Waals surface area contributed by atoms with Crippen LogP contribution in [-0.2, 0) is 0 Å². The van der Waals surface area contributed by atoms with E-state index >= 15 is 0 Å². The van der Waals surface area contributed by atoms with Gasteiger partial charge in [0.1, 0.15) is 0 Å². The summed E-state index contributed by atoms with van der Waals surface area (Å²) in [6, 6.07) is 0. The molecule has 2 amide bonds. The van der Waals surface area contributed by atoms with E-state index in [9.17, 15) is 9.59 Å². The van der Waals surface area contributed by atoms with Crippen LogP contribution in [0.1, 0.15) is 27.6 Å². The van der Waals surface area contributed by atoms with Crippen molar-refractivity contribution in [1.29, 1.82) is 0 Å². The van der Waals surface area contributed by atoms with Crippen LogP contribution >= 0.6 is 25.3 Å². The quantitative estimate of drug-likeness (QED) is 0.104. The van der Waals surface area contributed by atoms with Crippen molar-refractivity contribution in [2.75, 3.05) is 6.54 Å². The first kappa shape index (κ1) is 22.4. The molecule has 0 heterocycles. The van der Waals surface area contributed by atoms with Crippen molar-refractivity contribution in [2.24, 2.45) is 11.7 Å². The van der Waals surface area contributed by atoms with Gasteiger partial charge in [-0.05, 0) is 6.42 Å². The number of carbonyl (C=O) groups excluding carboxylic acids is 2. The maximum Gasteiger partial charge on any atom is 1.00 e. The zero-order chi connectivity index (χ0) is 12.3. The molecule has 0 aliphatic carbocycles. The molecular formula is C7H19KN4O2S2. The summed E-state index contributed by atoms with van der Waals surface area (Å²) >= 11 is 6.78. The van der Waals surface area contributed by atoms with Crippen molar-refractivity contribution >= 4 is 35.7 Å². The zero-order valence-corrected chi connectivity index (χ0v) is 14.6. The largest absolute Gasteiger partial charge is 1.00 e. The fourth-order valence-electron chi connectivity index (χ4n) is 0.628. The van der Waals surface area contributed by atoms with Crippen LogP contribution in [0.25, 0.3) is 0 Å². The monoisotopic (exact) mass is 294 g/mol. The summed E-state index contributed by atoms with van der Waals surface area (Å²) in [7, 11) is 0. The van der Waals surface area contributed by atoms with Gasteiger partial charge >= 0.3 is 51.4 Å². The number of rotatable bonds is 4. The van der Waals surface area contributed by atoms with Gasteiger partial charge in [-0.2, -0.15) is 0 Å². The molecule has 0 bridgehead atoms. The first-order valence-corrected chi connectivity index (χ1v) is 5.29. The van der Waals surface area contributed by atoms with Crippen molar-refractivity contribution in [3.63, 3.8) is 0 Å². The van der Waals surface area contributed by atoms with Crippen LogP contribution in [0.5, 0.6) is 0 Å². The van der Waals surface area contributed by atoms with Crippen LogP contribution in [0.2, 0.25) is 0 Å². The van der Waals surface area contributed by atoms with Gasteiger partial charge in [0.25, 0.3) is 10.5 Å². The van der Waals surface area contributed by atoms with Gasteiger partial charge < -0.3 is 1.43 Å². The van der Waals surface area contributed by atoms with E-state index in [1.54, 1.807) is 5.43 Å². The van der Waals surface area contributed by atoms with E-state index in [2.05, 4.69) is 38.0 Å². The number of hydrogen-bond acceptors (Lipinski definition) is 4. The zero-order valence-electron chi connectivity index (χ0n) is 10.6.